The smallest absolute Gasteiger partial charge is 0.402 e. The molecule has 0 spiro atoms. The van der Waals surface area contributed by atoms with Gasteiger partial charge in [-0.05, 0) is 25.1 Å². The number of phosphoric acid groups is 1. The van der Waals surface area contributed by atoms with Crippen molar-refractivity contribution in [3.63, 3.8) is 0 Å². The molecule has 1 atom stereocenters. The molecular formula is C9H11Cl2O4P. The van der Waals surface area contributed by atoms with Gasteiger partial charge in [0, 0.05) is 12.1 Å². The van der Waals surface area contributed by atoms with Crippen LogP contribution in [0, 0.1) is 0 Å². The van der Waals surface area contributed by atoms with Crippen LogP contribution in [0.2, 0.25) is 10.0 Å². The summed E-state index contributed by atoms with van der Waals surface area (Å²) < 4.78 is 26.5. The lowest BCUT2D eigenvalue weighted by molar-refractivity contribution is 0.187. The van der Waals surface area contributed by atoms with Gasteiger partial charge in [-0.15, -0.1) is 0 Å². The highest BCUT2D eigenvalue weighted by Crippen LogP contribution is 2.50. The van der Waals surface area contributed by atoms with Gasteiger partial charge in [-0.25, -0.2) is 4.57 Å². The fraction of sp³-hybridized carbons (Fsp3) is 0.333. The van der Waals surface area contributed by atoms with E-state index < -0.39 is 7.82 Å². The maximum absolute atomic E-state index is 11.8. The van der Waals surface area contributed by atoms with Gasteiger partial charge in [0.2, 0.25) is 0 Å². The second kappa shape index (κ2) is 5.89. The standard InChI is InChI=1S/C9H11Cl2O4P/c1-3-14-16(12,13-2)15-9-5-4-7(10)6-8(9)11/h4-6H,3H2,1-2H3. The van der Waals surface area contributed by atoms with Crippen LogP contribution in [0.5, 0.6) is 5.75 Å². The minimum absolute atomic E-state index is 0.199. The predicted molar refractivity (Wildman–Crippen MR) is 63.3 cm³/mol. The Hall–Kier alpha value is -0.250. The van der Waals surface area contributed by atoms with E-state index in [9.17, 15) is 4.57 Å². The molecule has 0 saturated heterocycles. The van der Waals surface area contributed by atoms with Crippen LogP contribution in [-0.4, -0.2) is 13.7 Å². The lowest BCUT2D eigenvalue weighted by Crippen LogP contribution is -2.00. The monoisotopic (exact) mass is 284 g/mol. The molecule has 4 nitrogen and oxygen atoms in total. The van der Waals surface area contributed by atoms with E-state index in [-0.39, 0.29) is 17.4 Å². The molecule has 1 rings (SSSR count). The lowest BCUT2D eigenvalue weighted by Gasteiger charge is -2.16. The van der Waals surface area contributed by atoms with E-state index >= 15 is 0 Å². The minimum atomic E-state index is -3.59. The second-order valence-electron chi connectivity index (χ2n) is 2.71. The van der Waals surface area contributed by atoms with Crippen LogP contribution in [0.15, 0.2) is 18.2 Å². The summed E-state index contributed by atoms with van der Waals surface area (Å²) in [5, 5.41) is 0.700. The maximum atomic E-state index is 11.8. The maximum Gasteiger partial charge on any atom is 0.529 e. The molecule has 0 heterocycles. The van der Waals surface area contributed by atoms with Crippen molar-refractivity contribution in [2.24, 2.45) is 0 Å². The number of phosphoric ester groups is 1. The Kier molecular flexibility index (Phi) is 5.09. The summed E-state index contributed by atoms with van der Waals surface area (Å²) in [6, 6.07) is 4.54. The molecule has 16 heavy (non-hydrogen) atoms. The molecule has 0 N–H and O–H groups in total. The Labute approximate surface area is 104 Å². The molecule has 7 heteroatoms. The van der Waals surface area contributed by atoms with Gasteiger partial charge < -0.3 is 4.52 Å². The number of benzene rings is 1. The zero-order chi connectivity index (χ0) is 12.2. The van der Waals surface area contributed by atoms with Gasteiger partial charge in [0.15, 0.2) is 0 Å². The Morgan fingerprint density at radius 2 is 2.06 bits per heavy atom. The summed E-state index contributed by atoms with van der Waals surface area (Å²) in [6.45, 7) is 1.88. The summed E-state index contributed by atoms with van der Waals surface area (Å²) in [5.74, 6) is 0.199. The van der Waals surface area contributed by atoms with Gasteiger partial charge in [0.1, 0.15) is 5.75 Å². The third kappa shape index (κ3) is 3.65. The summed E-state index contributed by atoms with van der Waals surface area (Å²) in [5.41, 5.74) is 0. The minimum Gasteiger partial charge on any atom is -0.402 e. The van der Waals surface area contributed by atoms with Crippen molar-refractivity contribution >= 4 is 31.0 Å². The number of hydrogen-bond donors (Lipinski definition) is 0. The van der Waals surface area contributed by atoms with Crippen molar-refractivity contribution in [3.8, 4) is 5.75 Å². The highest BCUT2D eigenvalue weighted by atomic mass is 35.5. The van der Waals surface area contributed by atoms with Crippen LogP contribution in [0.25, 0.3) is 0 Å². The van der Waals surface area contributed by atoms with Gasteiger partial charge in [-0.3, -0.25) is 9.05 Å². The van der Waals surface area contributed by atoms with E-state index in [0.717, 1.165) is 0 Å². The third-order valence-electron chi connectivity index (χ3n) is 1.61. The molecule has 1 aromatic carbocycles. The third-order valence-corrected chi connectivity index (χ3v) is 3.59. The zero-order valence-corrected chi connectivity index (χ0v) is 11.2. The van der Waals surface area contributed by atoms with Crippen LogP contribution in [0.4, 0.5) is 0 Å². The molecule has 0 aliphatic carbocycles. The van der Waals surface area contributed by atoms with Gasteiger partial charge >= 0.3 is 7.82 Å². The van der Waals surface area contributed by atoms with E-state index in [1.165, 1.54) is 19.2 Å². The largest absolute Gasteiger partial charge is 0.529 e. The van der Waals surface area contributed by atoms with Crippen molar-refractivity contribution in [2.75, 3.05) is 13.7 Å². The normalized spacial score (nSPS) is 14.5. The van der Waals surface area contributed by atoms with Crippen LogP contribution in [-0.2, 0) is 13.6 Å². The average molecular weight is 285 g/mol. The van der Waals surface area contributed by atoms with E-state index in [2.05, 4.69) is 4.52 Å². The first-order chi connectivity index (χ1) is 7.50. The molecule has 0 aromatic heterocycles. The van der Waals surface area contributed by atoms with Gasteiger partial charge in [-0.2, -0.15) is 0 Å². The van der Waals surface area contributed by atoms with E-state index in [4.69, 9.17) is 32.2 Å². The molecule has 0 radical (unpaired) electrons. The van der Waals surface area contributed by atoms with E-state index in [0.29, 0.717) is 5.02 Å². The van der Waals surface area contributed by atoms with Crippen LogP contribution < -0.4 is 4.52 Å². The van der Waals surface area contributed by atoms with Crippen molar-refractivity contribution in [1.82, 2.24) is 0 Å². The predicted octanol–water partition coefficient (Wildman–Crippen LogP) is 4.16. The summed E-state index contributed by atoms with van der Waals surface area (Å²) in [6.07, 6.45) is 0. The van der Waals surface area contributed by atoms with Crippen molar-refractivity contribution in [1.29, 1.82) is 0 Å². The first-order valence-corrected chi connectivity index (χ1v) is 6.67. The fourth-order valence-electron chi connectivity index (χ4n) is 0.944. The van der Waals surface area contributed by atoms with Crippen LogP contribution in [0.3, 0.4) is 0 Å². The average Bonchev–Trinajstić information content (AvgIpc) is 2.23. The van der Waals surface area contributed by atoms with Gasteiger partial charge in [0.25, 0.3) is 0 Å². The summed E-state index contributed by atoms with van der Waals surface area (Å²) in [7, 11) is -2.36. The molecule has 0 aliphatic rings. The Bertz CT molecular complexity index is 410. The van der Waals surface area contributed by atoms with E-state index in [1.807, 2.05) is 0 Å². The Morgan fingerprint density at radius 1 is 1.38 bits per heavy atom. The molecule has 0 fully saturated rings. The number of hydrogen-bond acceptors (Lipinski definition) is 4. The number of halogens is 2. The SMILES string of the molecule is CCOP(=O)(OC)Oc1ccc(Cl)cc1Cl. The summed E-state index contributed by atoms with van der Waals surface area (Å²) in [4.78, 5) is 0. The Morgan fingerprint density at radius 3 is 2.56 bits per heavy atom. The molecular weight excluding hydrogens is 274 g/mol. The molecule has 0 amide bonds. The fourth-order valence-corrected chi connectivity index (χ4v) is 2.39. The van der Waals surface area contributed by atoms with Crippen molar-refractivity contribution in [3.05, 3.63) is 28.2 Å². The molecule has 90 valence electrons. The van der Waals surface area contributed by atoms with Crippen molar-refractivity contribution < 1.29 is 18.1 Å². The molecule has 1 unspecified atom stereocenters. The second-order valence-corrected chi connectivity index (χ2v) is 5.26. The molecule has 0 bridgehead atoms. The Balaban J connectivity index is 2.90. The van der Waals surface area contributed by atoms with Crippen molar-refractivity contribution in [2.45, 2.75) is 6.92 Å². The highest BCUT2D eigenvalue weighted by Gasteiger charge is 2.26. The lowest BCUT2D eigenvalue weighted by atomic mass is 10.3. The van der Waals surface area contributed by atoms with Gasteiger partial charge in [-0.1, -0.05) is 23.2 Å². The zero-order valence-electron chi connectivity index (χ0n) is 8.78. The number of rotatable bonds is 5. The molecule has 0 aliphatic heterocycles. The molecule has 1 aromatic rings. The first-order valence-electron chi connectivity index (χ1n) is 4.45. The van der Waals surface area contributed by atoms with Crippen LogP contribution >= 0.6 is 31.0 Å². The highest BCUT2D eigenvalue weighted by molar-refractivity contribution is 7.48. The summed E-state index contributed by atoms with van der Waals surface area (Å²) >= 11 is 11.6. The first kappa shape index (κ1) is 13.8. The quantitative estimate of drug-likeness (QED) is 0.762. The topological polar surface area (TPSA) is 44.8 Å². The molecule has 0 saturated carbocycles. The van der Waals surface area contributed by atoms with E-state index in [1.54, 1.807) is 13.0 Å². The van der Waals surface area contributed by atoms with Crippen LogP contribution in [0.1, 0.15) is 6.92 Å². The van der Waals surface area contributed by atoms with Gasteiger partial charge in [0.05, 0.1) is 11.6 Å².